The molecule has 0 saturated heterocycles. The maximum absolute atomic E-state index is 11.3. The van der Waals surface area contributed by atoms with Crippen molar-refractivity contribution in [3.63, 3.8) is 0 Å². The predicted molar refractivity (Wildman–Crippen MR) is 44.6 cm³/mol. The highest BCUT2D eigenvalue weighted by molar-refractivity contribution is 6.46. The molecule has 14 heavy (non-hydrogen) atoms. The van der Waals surface area contributed by atoms with Gasteiger partial charge >= 0.3 is 0 Å². The van der Waals surface area contributed by atoms with Gasteiger partial charge in [0, 0.05) is 12.1 Å². The van der Waals surface area contributed by atoms with Crippen LogP contribution >= 0.6 is 0 Å². The Balaban J connectivity index is 2.66. The van der Waals surface area contributed by atoms with E-state index in [1.165, 1.54) is 6.07 Å². The topological polar surface area (TPSA) is 83.8 Å². The van der Waals surface area contributed by atoms with Gasteiger partial charge in [-0.15, -0.1) is 0 Å². The van der Waals surface area contributed by atoms with E-state index in [1.807, 2.05) is 0 Å². The minimum absolute atomic E-state index is 0.0344. The van der Waals surface area contributed by atoms with Gasteiger partial charge in [0.05, 0.1) is 0 Å². The van der Waals surface area contributed by atoms with E-state index in [2.05, 4.69) is 0 Å². The van der Waals surface area contributed by atoms with Gasteiger partial charge in [-0.2, -0.15) is 0 Å². The number of ketones is 2. The number of fused-ring (bicyclic) bond motifs is 1. The Bertz CT molecular complexity index is 435. The second-order valence-electron chi connectivity index (χ2n) is 2.88. The first-order chi connectivity index (χ1) is 6.59. The summed E-state index contributed by atoms with van der Waals surface area (Å²) in [5, 5.41) is 18.4. The Morgan fingerprint density at radius 2 is 1.93 bits per heavy atom. The summed E-state index contributed by atoms with van der Waals surface area (Å²) >= 11 is 0. The number of hydrogen-bond acceptors (Lipinski definition) is 5. The van der Waals surface area contributed by atoms with Gasteiger partial charge in [0.15, 0.2) is 6.61 Å². The third kappa shape index (κ3) is 1.10. The molecule has 0 fully saturated rings. The number of phenols is 2. The van der Waals surface area contributed by atoms with Crippen molar-refractivity contribution in [3.05, 3.63) is 17.7 Å². The second-order valence-corrected chi connectivity index (χ2v) is 2.88. The van der Waals surface area contributed by atoms with Crippen LogP contribution in [-0.4, -0.2) is 28.4 Å². The number of carbonyl (C=O) groups is 2. The smallest absolute Gasteiger partial charge is 0.240 e. The van der Waals surface area contributed by atoms with Crippen molar-refractivity contribution in [2.24, 2.45) is 0 Å². The largest absolute Gasteiger partial charge is 0.508 e. The van der Waals surface area contributed by atoms with Gasteiger partial charge in [-0.1, -0.05) is 0 Å². The Morgan fingerprint density at radius 3 is 2.64 bits per heavy atom. The van der Waals surface area contributed by atoms with Crippen LogP contribution in [0, 0.1) is 0 Å². The van der Waals surface area contributed by atoms with Gasteiger partial charge in [-0.3, -0.25) is 9.59 Å². The van der Waals surface area contributed by atoms with Crippen molar-refractivity contribution < 1.29 is 24.5 Å². The Kier molecular flexibility index (Phi) is 1.67. The zero-order valence-electron chi connectivity index (χ0n) is 6.98. The van der Waals surface area contributed by atoms with E-state index >= 15 is 0 Å². The standard InChI is InChI=1S/C9H6O5/c10-4-1-5(11)8-7(2-4)14-3-6(12)9(8)13/h1-2,10-11H,3H2. The number of rotatable bonds is 0. The van der Waals surface area contributed by atoms with E-state index in [0.29, 0.717) is 0 Å². The molecule has 5 heteroatoms. The van der Waals surface area contributed by atoms with E-state index < -0.39 is 17.3 Å². The monoisotopic (exact) mass is 194 g/mol. The molecule has 0 saturated carbocycles. The minimum Gasteiger partial charge on any atom is -0.508 e. The van der Waals surface area contributed by atoms with Crippen LogP contribution in [0.2, 0.25) is 0 Å². The van der Waals surface area contributed by atoms with E-state index in [-0.39, 0.29) is 23.7 Å². The van der Waals surface area contributed by atoms with Crippen molar-refractivity contribution in [2.45, 2.75) is 0 Å². The molecule has 1 aliphatic rings. The summed E-state index contributed by atoms with van der Waals surface area (Å²) in [5.41, 5.74) is -0.181. The van der Waals surface area contributed by atoms with Crippen LogP contribution in [0.4, 0.5) is 0 Å². The van der Waals surface area contributed by atoms with Crippen molar-refractivity contribution in [3.8, 4) is 17.2 Å². The lowest BCUT2D eigenvalue weighted by Gasteiger charge is -2.16. The molecule has 2 N–H and O–H groups in total. The fourth-order valence-electron chi connectivity index (χ4n) is 1.28. The highest BCUT2D eigenvalue weighted by atomic mass is 16.5. The molecule has 1 heterocycles. The number of benzene rings is 1. The molecule has 0 aliphatic carbocycles. The van der Waals surface area contributed by atoms with Gasteiger partial charge in [-0.05, 0) is 0 Å². The van der Waals surface area contributed by atoms with Crippen LogP contribution in [0.5, 0.6) is 17.2 Å². The maximum atomic E-state index is 11.3. The number of ether oxygens (including phenoxy) is 1. The molecule has 0 aromatic heterocycles. The van der Waals surface area contributed by atoms with Gasteiger partial charge < -0.3 is 14.9 Å². The lowest BCUT2D eigenvalue weighted by molar-refractivity contribution is -0.117. The molecular weight excluding hydrogens is 188 g/mol. The first-order valence-electron chi connectivity index (χ1n) is 3.86. The molecule has 0 atom stereocenters. The summed E-state index contributed by atoms with van der Waals surface area (Å²) < 4.78 is 4.88. The van der Waals surface area contributed by atoms with Gasteiger partial charge in [-0.25, -0.2) is 0 Å². The summed E-state index contributed by atoms with van der Waals surface area (Å²) in [5.74, 6) is -2.13. The first-order valence-corrected chi connectivity index (χ1v) is 3.86. The van der Waals surface area contributed by atoms with Crippen molar-refractivity contribution in [1.29, 1.82) is 0 Å². The molecular formula is C9H6O5. The first kappa shape index (κ1) is 8.55. The molecule has 1 aliphatic heterocycles. The predicted octanol–water partition coefficient (Wildman–Crippen LogP) is 0.242. The molecule has 1 aromatic rings. The zero-order valence-corrected chi connectivity index (χ0v) is 6.98. The Hall–Kier alpha value is -2.04. The molecule has 2 rings (SSSR count). The van der Waals surface area contributed by atoms with Gasteiger partial charge in [0.1, 0.15) is 22.8 Å². The van der Waals surface area contributed by atoms with Crippen LogP contribution in [0.15, 0.2) is 12.1 Å². The summed E-state index contributed by atoms with van der Waals surface area (Å²) in [4.78, 5) is 22.2. The molecule has 1 aromatic carbocycles. The summed E-state index contributed by atoms with van der Waals surface area (Å²) in [6.07, 6.45) is 0. The summed E-state index contributed by atoms with van der Waals surface area (Å²) in [7, 11) is 0. The molecule has 0 spiro atoms. The highest BCUT2D eigenvalue weighted by Crippen LogP contribution is 2.35. The number of phenolic OH excluding ortho intramolecular Hbond substituents is 2. The average Bonchev–Trinajstić information content (AvgIpc) is 2.10. The molecule has 5 nitrogen and oxygen atoms in total. The van der Waals surface area contributed by atoms with Crippen LogP contribution in [0.25, 0.3) is 0 Å². The number of carbonyl (C=O) groups excluding carboxylic acids is 2. The molecule has 0 radical (unpaired) electrons. The van der Waals surface area contributed by atoms with E-state index in [0.717, 1.165) is 6.07 Å². The van der Waals surface area contributed by atoms with Crippen LogP contribution in [-0.2, 0) is 4.79 Å². The van der Waals surface area contributed by atoms with Crippen LogP contribution in [0.3, 0.4) is 0 Å². The summed E-state index contributed by atoms with van der Waals surface area (Å²) in [6, 6.07) is 2.16. The molecule has 0 amide bonds. The van der Waals surface area contributed by atoms with Gasteiger partial charge in [0.25, 0.3) is 0 Å². The fourth-order valence-corrected chi connectivity index (χ4v) is 1.28. The zero-order chi connectivity index (χ0) is 10.3. The van der Waals surface area contributed by atoms with Crippen molar-refractivity contribution in [1.82, 2.24) is 0 Å². The maximum Gasteiger partial charge on any atom is 0.240 e. The normalized spacial score (nSPS) is 14.9. The van der Waals surface area contributed by atoms with Crippen molar-refractivity contribution >= 4 is 11.6 Å². The van der Waals surface area contributed by atoms with E-state index in [9.17, 15) is 14.7 Å². The Labute approximate surface area is 78.5 Å². The summed E-state index contributed by atoms with van der Waals surface area (Å²) in [6.45, 7) is -0.352. The second kappa shape index (κ2) is 2.73. The third-order valence-electron chi connectivity index (χ3n) is 1.91. The number of aromatic hydroxyl groups is 2. The van der Waals surface area contributed by atoms with Crippen LogP contribution in [0.1, 0.15) is 10.4 Å². The third-order valence-corrected chi connectivity index (χ3v) is 1.91. The fraction of sp³-hybridized carbons (Fsp3) is 0.111. The van der Waals surface area contributed by atoms with Gasteiger partial charge in [0.2, 0.25) is 11.6 Å². The lowest BCUT2D eigenvalue weighted by atomic mass is 10.0. The highest BCUT2D eigenvalue weighted by Gasteiger charge is 2.29. The average molecular weight is 194 g/mol. The van der Waals surface area contributed by atoms with Crippen LogP contribution < -0.4 is 4.74 Å². The number of hydrogen-bond donors (Lipinski definition) is 2. The molecule has 0 unspecified atom stereocenters. The quantitative estimate of drug-likeness (QED) is 0.578. The van der Waals surface area contributed by atoms with E-state index in [4.69, 9.17) is 9.84 Å². The number of Topliss-reactive ketones (excluding diaryl/α,β-unsaturated/α-hetero) is 2. The van der Waals surface area contributed by atoms with Crippen molar-refractivity contribution in [2.75, 3.05) is 6.61 Å². The van der Waals surface area contributed by atoms with E-state index in [1.54, 1.807) is 0 Å². The molecule has 0 bridgehead atoms. The SMILES string of the molecule is O=C1COc2cc(O)cc(O)c2C1=O. The molecule has 72 valence electrons. The Morgan fingerprint density at radius 1 is 1.21 bits per heavy atom. The minimum atomic E-state index is -0.788. The lowest BCUT2D eigenvalue weighted by Crippen LogP contribution is -2.27.